The highest BCUT2D eigenvalue weighted by Crippen LogP contribution is 2.32. The molecule has 0 spiro atoms. The van der Waals surface area contributed by atoms with Crippen LogP contribution in [0.5, 0.6) is 0 Å². The van der Waals surface area contributed by atoms with E-state index in [2.05, 4.69) is 24.5 Å². The lowest BCUT2D eigenvalue weighted by Crippen LogP contribution is -2.32. The first-order chi connectivity index (χ1) is 16.4. The van der Waals surface area contributed by atoms with E-state index in [1.807, 2.05) is 53.1 Å². The van der Waals surface area contributed by atoms with E-state index in [-0.39, 0.29) is 11.9 Å². The average Bonchev–Trinajstić information content (AvgIpc) is 3.22. The highest BCUT2D eigenvalue weighted by molar-refractivity contribution is 6.33. The normalized spacial score (nSPS) is 14.5. The SMILES string of the molecule is CC(C)NCc1c(C(=O)NCC2CCCCC2)nc(-c2ccccc2Cl)n1-c1ccc(Cl)cc1. The summed E-state index contributed by atoms with van der Waals surface area (Å²) < 4.78 is 2.02. The number of amides is 1. The van der Waals surface area contributed by atoms with Gasteiger partial charge in [-0.25, -0.2) is 4.98 Å². The predicted octanol–water partition coefficient (Wildman–Crippen LogP) is 6.65. The second-order valence-electron chi connectivity index (χ2n) is 9.27. The van der Waals surface area contributed by atoms with Crippen LogP contribution >= 0.6 is 23.2 Å². The molecule has 1 aromatic heterocycles. The molecule has 1 heterocycles. The van der Waals surface area contributed by atoms with Crippen molar-refractivity contribution >= 4 is 29.1 Å². The zero-order valence-corrected chi connectivity index (χ0v) is 21.3. The van der Waals surface area contributed by atoms with Crippen molar-refractivity contribution < 1.29 is 4.79 Å². The van der Waals surface area contributed by atoms with Gasteiger partial charge in [-0.05, 0) is 55.2 Å². The molecule has 1 amide bonds. The van der Waals surface area contributed by atoms with Gasteiger partial charge in [0.25, 0.3) is 5.91 Å². The Morgan fingerprint density at radius 2 is 1.76 bits per heavy atom. The Morgan fingerprint density at radius 3 is 2.44 bits per heavy atom. The van der Waals surface area contributed by atoms with E-state index in [0.29, 0.717) is 40.6 Å². The molecule has 4 rings (SSSR count). The maximum absolute atomic E-state index is 13.5. The van der Waals surface area contributed by atoms with Crippen LogP contribution in [0.3, 0.4) is 0 Å². The average molecular weight is 499 g/mol. The van der Waals surface area contributed by atoms with Crippen molar-refractivity contribution in [2.75, 3.05) is 6.54 Å². The molecule has 0 bridgehead atoms. The van der Waals surface area contributed by atoms with Crippen LogP contribution in [0.15, 0.2) is 48.5 Å². The van der Waals surface area contributed by atoms with E-state index in [9.17, 15) is 4.79 Å². The molecule has 7 heteroatoms. The summed E-state index contributed by atoms with van der Waals surface area (Å²) in [5, 5.41) is 7.86. The Labute approximate surface area is 211 Å². The molecule has 3 aromatic rings. The quantitative estimate of drug-likeness (QED) is 0.365. The maximum atomic E-state index is 13.5. The number of imidazole rings is 1. The minimum absolute atomic E-state index is 0.146. The molecule has 2 N–H and O–H groups in total. The molecule has 0 radical (unpaired) electrons. The van der Waals surface area contributed by atoms with Gasteiger partial charge in [-0.15, -0.1) is 0 Å². The van der Waals surface area contributed by atoms with Gasteiger partial charge in [0.15, 0.2) is 5.69 Å². The largest absolute Gasteiger partial charge is 0.350 e. The minimum atomic E-state index is -0.146. The van der Waals surface area contributed by atoms with E-state index in [1.165, 1.54) is 32.1 Å². The molecule has 0 saturated heterocycles. The first-order valence-electron chi connectivity index (χ1n) is 12.1. The lowest BCUT2D eigenvalue weighted by Gasteiger charge is -2.21. The molecular weight excluding hydrogens is 467 g/mol. The molecule has 0 atom stereocenters. The van der Waals surface area contributed by atoms with Crippen molar-refractivity contribution in [3.05, 3.63) is 70.0 Å². The highest BCUT2D eigenvalue weighted by Gasteiger charge is 2.26. The number of nitrogens with zero attached hydrogens (tertiary/aromatic N) is 2. The lowest BCUT2D eigenvalue weighted by molar-refractivity contribution is 0.0937. The van der Waals surface area contributed by atoms with Crippen molar-refractivity contribution in [1.29, 1.82) is 0 Å². The number of carbonyl (C=O) groups excluding carboxylic acids is 1. The van der Waals surface area contributed by atoms with E-state index in [0.717, 1.165) is 16.9 Å². The van der Waals surface area contributed by atoms with E-state index >= 15 is 0 Å². The Bertz CT molecular complexity index is 1120. The van der Waals surface area contributed by atoms with Gasteiger partial charge >= 0.3 is 0 Å². The van der Waals surface area contributed by atoms with Gasteiger partial charge in [0.1, 0.15) is 5.82 Å². The summed E-state index contributed by atoms with van der Waals surface area (Å²) in [6.07, 6.45) is 6.12. The van der Waals surface area contributed by atoms with Crippen LogP contribution in [0, 0.1) is 5.92 Å². The first kappa shape index (κ1) is 24.8. The summed E-state index contributed by atoms with van der Waals surface area (Å²) in [6, 6.07) is 15.4. The predicted molar refractivity (Wildman–Crippen MR) is 140 cm³/mol. The molecule has 1 aliphatic rings. The summed E-state index contributed by atoms with van der Waals surface area (Å²) in [5.41, 5.74) is 2.87. The van der Waals surface area contributed by atoms with Gasteiger partial charge in [-0.2, -0.15) is 0 Å². The van der Waals surface area contributed by atoms with Crippen LogP contribution in [0.4, 0.5) is 0 Å². The number of aromatic nitrogens is 2. The molecule has 2 aromatic carbocycles. The van der Waals surface area contributed by atoms with Crippen LogP contribution in [0.1, 0.15) is 62.1 Å². The zero-order chi connectivity index (χ0) is 24.1. The number of carbonyl (C=O) groups is 1. The van der Waals surface area contributed by atoms with Crippen molar-refractivity contribution in [1.82, 2.24) is 20.2 Å². The molecule has 5 nitrogen and oxygen atoms in total. The number of hydrogen-bond acceptors (Lipinski definition) is 3. The third-order valence-electron chi connectivity index (χ3n) is 6.34. The summed E-state index contributed by atoms with van der Waals surface area (Å²) >= 11 is 12.8. The van der Waals surface area contributed by atoms with Gasteiger partial charge in [-0.3, -0.25) is 9.36 Å². The van der Waals surface area contributed by atoms with Crippen molar-refractivity contribution in [2.45, 2.75) is 58.5 Å². The van der Waals surface area contributed by atoms with Crippen LogP contribution in [0.25, 0.3) is 17.1 Å². The second kappa shape index (κ2) is 11.4. The summed E-state index contributed by atoms with van der Waals surface area (Å²) in [7, 11) is 0. The third-order valence-corrected chi connectivity index (χ3v) is 6.92. The van der Waals surface area contributed by atoms with E-state index < -0.39 is 0 Å². The van der Waals surface area contributed by atoms with Gasteiger partial charge < -0.3 is 10.6 Å². The fourth-order valence-electron chi connectivity index (χ4n) is 4.50. The molecule has 0 unspecified atom stereocenters. The van der Waals surface area contributed by atoms with Crippen LogP contribution < -0.4 is 10.6 Å². The topological polar surface area (TPSA) is 59.0 Å². The molecule has 34 heavy (non-hydrogen) atoms. The third kappa shape index (κ3) is 5.83. The molecule has 1 aliphatic carbocycles. The monoisotopic (exact) mass is 498 g/mol. The first-order valence-corrected chi connectivity index (χ1v) is 12.8. The molecule has 1 fully saturated rings. The fourth-order valence-corrected chi connectivity index (χ4v) is 4.85. The standard InChI is InChI=1S/C27H32Cl2N4O/c1-18(2)30-17-24-25(27(34)31-16-19-8-4-3-5-9-19)32-26(22-10-6-7-11-23(22)29)33(24)21-14-12-20(28)13-15-21/h6-7,10-15,18-19,30H,3-5,8-9,16-17H2,1-2H3,(H,31,34). The number of hydrogen-bond donors (Lipinski definition) is 2. The highest BCUT2D eigenvalue weighted by atomic mass is 35.5. The minimum Gasteiger partial charge on any atom is -0.350 e. The van der Waals surface area contributed by atoms with E-state index in [4.69, 9.17) is 28.2 Å². The Kier molecular flexibility index (Phi) is 8.30. The van der Waals surface area contributed by atoms with Gasteiger partial charge in [0.2, 0.25) is 0 Å². The number of halogens is 2. The van der Waals surface area contributed by atoms with Crippen molar-refractivity contribution in [3.63, 3.8) is 0 Å². The maximum Gasteiger partial charge on any atom is 0.271 e. The Hall–Kier alpha value is -2.34. The summed E-state index contributed by atoms with van der Waals surface area (Å²) in [6.45, 7) is 5.34. The summed E-state index contributed by atoms with van der Waals surface area (Å²) in [4.78, 5) is 18.3. The van der Waals surface area contributed by atoms with Crippen molar-refractivity contribution in [2.24, 2.45) is 5.92 Å². The van der Waals surface area contributed by atoms with Gasteiger partial charge in [-0.1, -0.05) is 68.4 Å². The van der Waals surface area contributed by atoms with Crippen LogP contribution in [0.2, 0.25) is 10.0 Å². The van der Waals surface area contributed by atoms with Crippen LogP contribution in [-0.4, -0.2) is 28.0 Å². The molecule has 0 aliphatic heterocycles. The number of benzene rings is 2. The zero-order valence-electron chi connectivity index (χ0n) is 19.8. The summed E-state index contributed by atoms with van der Waals surface area (Å²) in [5.74, 6) is 1.03. The molecule has 1 saturated carbocycles. The molecular formula is C27H32Cl2N4O. The van der Waals surface area contributed by atoms with E-state index in [1.54, 1.807) is 0 Å². The lowest BCUT2D eigenvalue weighted by atomic mass is 9.89. The van der Waals surface area contributed by atoms with Crippen LogP contribution in [-0.2, 0) is 6.54 Å². The Balaban J connectivity index is 1.79. The van der Waals surface area contributed by atoms with Crippen molar-refractivity contribution in [3.8, 4) is 17.1 Å². The fraction of sp³-hybridized carbons (Fsp3) is 0.407. The van der Waals surface area contributed by atoms with Gasteiger partial charge in [0, 0.05) is 35.4 Å². The second-order valence-corrected chi connectivity index (χ2v) is 10.1. The number of rotatable bonds is 8. The smallest absolute Gasteiger partial charge is 0.271 e. The molecule has 180 valence electrons. The Morgan fingerprint density at radius 1 is 1.06 bits per heavy atom. The number of nitrogens with one attached hydrogen (secondary N) is 2. The van der Waals surface area contributed by atoms with Gasteiger partial charge in [0.05, 0.1) is 10.7 Å².